The fourth-order valence-corrected chi connectivity index (χ4v) is 2.93. The van der Waals surface area contributed by atoms with Gasteiger partial charge in [0.25, 0.3) is 0 Å². The normalized spacial score (nSPS) is 12.6. The minimum atomic E-state index is -0.328. The van der Waals surface area contributed by atoms with Crippen LogP contribution in [-0.2, 0) is 0 Å². The van der Waals surface area contributed by atoms with Crippen molar-refractivity contribution in [3.63, 3.8) is 0 Å². The predicted molar refractivity (Wildman–Crippen MR) is 85.9 cm³/mol. The Morgan fingerprint density at radius 3 is 2.48 bits per heavy atom. The number of fused-ring (bicyclic) bond motifs is 1. The van der Waals surface area contributed by atoms with E-state index in [-0.39, 0.29) is 11.9 Å². The summed E-state index contributed by atoms with van der Waals surface area (Å²) in [6.07, 6.45) is 0. The third kappa shape index (κ3) is 2.55. The molecular formula is C19H18FN. The van der Waals surface area contributed by atoms with E-state index >= 15 is 0 Å². The second kappa shape index (κ2) is 5.30. The minimum absolute atomic E-state index is 0.238. The SMILES string of the molecule is Cc1cc(F)cc(C(N)c2c(C)ccc3ccccc23)c1. The van der Waals surface area contributed by atoms with E-state index in [1.807, 2.05) is 32.0 Å². The maximum atomic E-state index is 13.7. The van der Waals surface area contributed by atoms with Crippen LogP contribution >= 0.6 is 0 Å². The lowest BCUT2D eigenvalue weighted by molar-refractivity contribution is 0.622. The average Bonchev–Trinajstić information content (AvgIpc) is 2.45. The van der Waals surface area contributed by atoms with Crippen LogP contribution in [0.25, 0.3) is 10.8 Å². The first-order valence-corrected chi connectivity index (χ1v) is 7.07. The Kier molecular flexibility index (Phi) is 3.48. The summed E-state index contributed by atoms with van der Waals surface area (Å²) >= 11 is 0. The Labute approximate surface area is 124 Å². The quantitative estimate of drug-likeness (QED) is 0.726. The molecular weight excluding hydrogens is 261 g/mol. The van der Waals surface area contributed by atoms with Crippen LogP contribution in [0.15, 0.2) is 54.6 Å². The van der Waals surface area contributed by atoms with Gasteiger partial charge in [-0.05, 0) is 59.0 Å². The predicted octanol–water partition coefficient (Wildman–Crippen LogP) is 4.64. The molecule has 1 atom stereocenters. The first kappa shape index (κ1) is 13.8. The van der Waals surface area contributed by atoms with Crippen LogP contribution in [0.3, 0.4) is 0 Å². The van der Waals surface area contributed by atoms with Gasteiger partial charge in [-0.15, -0.1) is 0 Å². The Morgan fingerprint density at radius 1 is 0.952 bits per heavy atom. The molecule has 2 N–H and O–H groups in total. The zero-order valence-electron chi connectivity index (χ0n) is 12.2. The topological polar surface area (TPSA) is 26.0 Å². The Balaban J connectivity index is 2.21. The minimum Gasteiger partial charge on any atom is -0.320 e. The van der Waals surface area contributed by atoms with Gasteiger partial charge in [0, 0.05) is 0 Å². The van der Waals surface area contributed by atoms with Gasteiger partial charge in [0.2, 0.25) is 0 Å². The van der Waals surface area contributed by atoms with Gasteiger partial charge < -0.3 is 5.73 Å². The summed E-state index contributed by atoms with van der Waals surface area (Å²) in [5.41, 5.74) is 10.3. The molecule has 0 spiro atoms. The summed E-state index contributed by atoms with van der Waals surface area (Å²) in [7, 11) is 0. The highest BCUT2D eigenvalue weighted by Crippen LogP contribution is 2.30. The summed E-state index contributed by atoms with van der Waals surface area (Å²) in [6, 6.07) is 17.0. The molecule has 0 aliphatic rings. The molecule has 0 aliphatic carbocycles. The fraction of sp³-hybridized carbons (Fsp3) is 0.158. The van der Waals surface area contributed by atoms with E-state index in [4.69, 9.17) is 5.73 Å². The number of rotatable bonds is 2. The molecule has 0 heterocycles. The zero-order valence-corrected chi connectivity index (χ0v) is 12.2. The average molecular weight is 279 g/mol. The van der Waals surface area contributed by atoms with Crippen molar-refractivity contribution in [1.82, 2.24) is 0 Å². The van der Waals surface area contributed by atoms with Crippen LogP contribution in [0.1, 0.15) is 28.3 Å². The maximum absolute atomic E-state index is 13.7. The van der Waals surface area contributed by atoms with Gasteiger partial charge >= 0.3 is 0 Å². The van der Waals surface area contributed by atoms with Gasteiger partial charge in [-0.1, -0.05) is 42.5 Å². The lowest BCUT2D eigenvalue weighted by Gasteiger charge is -2.18. The molecule has 3 aromatic carbocycles. The summed E-state index contributed by atoms with van der Waals surface area (Å²) < 4.78 is 13.7. The van der Waals surface area contributed by atoms with Crippen molar-refractivity contribution in [3.05, 3.63) is 82.7 Å². The molecule has 2 heteroatoms. The molecule has 1 nitrogen and oxygen atoms in total. The van der Waals surface area contributed by atoms with Gasteiger partial charge in [-0.25, -0.2) is 4.39 Å². The van der Waals surface area contributed by atoms with E-state index in [1.54, 1.807) is 0 Å². The second-order valence-corrected chi connectivity index (χ2v) is 5.56. The van der Waals surface area contributed by atoms with Gasteiger partial charge in [-0.2, -0.15) is 0 Å². The molecule has 0 aromatic heterocycles. The molecule has 3 aromatic rings. The van der Waals surface area contributed by atoms with Crippen molar-refractivity contribution in [2.45, 2.75) is 19.9 Å². The molecule has 0 radical (unpaired) electrons. The van der Waals surface area contributed by atoms with Gasteiger partial charge in [0.1, 0.15) is 5.82 Å². The van der Waals surface area contributed by atoms with Crippen molar-refractivity contribution >= 4 is 10.8 Å². The first-order chi connectivity index (χ1) is 10.1. The monoisotopic (exact) mass is 279 g/mol. The summed E-state index contributed by atoms with van der Waals surface area (Å²) in [5, 5.41) is 2.29. The second-order valence-electron chi connectivity index (χ2n) is 5.56. The van der Waals surface area contributed by atoms with Gasteiger partial charge in [-0.3, -0.25) is 0 Å². The van der Waals surface area contributed by atoms with Crippen molar-refractivity contribution in [2.75, 3.05) is 0 Å². The lowest BCUT2D eigenvalue weighted by atomic mass is 9.90. The first-order valence-electron chi connectivity index (χ1n) is 7.07. The molecule has 0 saturated heterocycles. The number of nitrogens with two attached hydrogens (primary N) is 1. The maximum Gasteiger partial charge on any atom is 0.123 e. The Bertz CT molecular complexity index is 788. The summed E-state index contributed by atoms with van der Waals surface area (Å²) in [4.78, 5) is 0. The number of hydrogen-bond acceptors (Lipinski definition) is 1. The molecule has 0 fully saturated rings. The number of hydrogen-bond donors (Lipinski definition) is 1. The Morgan fingerprint density at radius 2 is 1.71 bits per heavy atom. The molecule has 0 aliphatic heterocycles. The third-order valence-corrected chi connectivity index (χ3v) is 3.92. The van der Waals surface area contributed by atoms with E-state index in [1.165, 1.54) is 12.1 Å². The van der Waals surface area contributed by atoms with Crippen LogP contribution in [0.4, 0.5) is 4.39 Å². The molecule has 0 amide bonds. The van der Waals surface area contributed by atoms with Crippen molar-refractivity contribution in [2.24, 2.45) is 5.73 Å². The van der Waals surface area contributed by atoms with E-state index < -0.39 is 0 Å². The van der Waals surface area contributed by atoms with Gasteiger partial charge in [0.05, 0.1) is 6.04 Å². The summed E-state index contributed by atoms with van der Waals surface area (Å²) in [5.74, 6) is -0.238. The van der Waals surface area contributed by atoms with Gasteiger partial charge in [0.15, 0.2) is 0 Å². The van der Waals surface area contributed by atoms with E-state index in [9.17, 15) is 4.39 Å². The third-order valence-electron chi connectivity index (χ3n) is 3.92. The highest BCUT2D eigenvalue weighted by atomic mass is 19.1. The zero-order chi connectivity index (χ0) is 15.0. The smallest absolute Gasteiger partial charge is 0.123 e. The van der Waals surface area contributed by atoms with E-state index in [0.29, 0.717) is 0 Å². The van der Waals surface area contributed by atoms with Crippen LogP contribution in [0.5, 0.6) is 0 Å². The highest BCUT2D eigenvalue weighted by Gasteiger charge is 2.15. The molecule has 106 valence electrons. The Hall–Kier alpha value is -2.19. The summed E-state index contributed by atoms with van der Waals surface area (Å²) in [6.45, 7) is 3.93. The molecule has 21 heavy (non-hydrogen) atoms. The van der Waals surface area contributed by atoms with Crippen molar-refractivity contribution < 1.29 is 4.39 Å². The molecule has 1 unspecified atom stereocenters. The van der Waals surface area contributed by atoms with E-state index in [2.05, 4.69) is 24.3 Å². The number of benzene rings is 3. The van der Waals surface area contributed by atoms with Crippen LogP contribution in [0.2, 0.25) is 0 Å². The number of halogens is 1. The van der Waals surface area contributed by atoms with Crippen molar-refractivity contribution in [3.8, 4) is 0 Å². The largest absolute Gasteiger partial charge is 0.320 e. The van der Waals surface area contributed by atoms with Crippen LogP contribution in [-0.4, -0.2) is 0 Å². The molecule has 0 saturated carbocycles. The molecule has 0 bridgehead atoms. The van der Waals surface area contributed by atoms with E-state index in [0.717, 1.165) is 33.0 Å². The number of aryl methyl sites for hydroxylation is 2. The van der Waals surface area contributed by atoms with Crippen molar-refractivity contribution in [1.29, 1.82) is 0 Å². The van der Waals surface area contributed by atoms with Crippen LogP contribution in [0, 0.1) is 19.7 Å². The fourth-order valence-electron chi connectivity index (χ4n) is 2.93. The lowest BCUT2D eigenvalue weighted by Crippen LogP contribution is -2.14. The van der Waals surface area contributed by atoms with Crippen LogP contribution < -0.4 is 5.73 Å². The molecule has 3 rings (SSSR count). The highest BCUT2D eigenvalue weighted by molar-refractivity contribution is 5.87. The standard InChI is InChI=1S/C19H18FN/c1-12-9-15(11-16(20)10-12)19(21)18-13(2)7-8-14-5-3-4-6-17(14)18/h3-11,19H,21H2,1-2H3.